The molecule has 20 heavy (non-hydrogen) atoms. The molecule has 0 aliphatic carbocycles. The lowest BCUT2D eigenvalue weighted by atomic mass is 9.82. The predicted octanol–water partition coefficient (Wildman–Crippen LogP) is 6.81. The molecule has 0 aliphatic heterocycles. The Hall–Kier alpha value is -0.780. The first-order chi connectivity index (χ1) is 9.69. The molecule has 0 fully saturated rings. The first-order valence-electron chi connectivity index (χ1n) is 8.73. The van der Waals surface area contributed by atoms with Gasteiger partial charge in [0.25, 0.3) is 0 Å². The minimum atomic E-state index is 0.772. The maximum atomic E-state index is 2.39. The van der Waals surface area contributed by atoms with Crippen LogP contribution in [0.5, 0.6) is 0 Å². The summed E-state index contributed by atoms with van der Waals surface area (Å²) in [5.41, 5.74) is 1.56. The van der Waals surface area contributed by atoms with Gasteiger partial charge in [0.05, 0.1) is 0 Å². The molecule has 1 rings (SSSR count). The van der Waals surface area contributed by atoms with Gasteiger partial charge in [-0.25, -0.2) is 0 Å². The lowest BCUT2D eigenvalue weighted by Gasteiger charge is -2.24. The van der Waals surface area contributed by atoms with Crippen molar-refractivity contribution in [3.63, 3.8) is 0 Å². The van der Waals surface area contributed by atoms with Crippen molar-refractivity contribution >= 4 is 0 Å². The van der Waals surface area contributed by atoms with Crippen molar-refractivity contribution in [2.75, 3.05) is 0 Å². The summed E-state index contributed by atoms with van der Waals surface area (Å²) in [6, 6.07) is 11.2. The molecular weight excluding hydrogens is 240 g/mol. The average molecular weight is 274 g/mol. The van der Waals surface area contributed by atoms with E-state index in [1.165, 1.54) is 44.9 Å². The van der Waals surface area contributed by atoms with Gasteiger partial charge in [-0.1, -0.05) is 83.7 Å². The van der Waals surface area contributed by atoms with E-state index in [2.05, 4.69) is 58.0 Å². The summed E-state index contributed by atoms with van der Waals surface area (Å²) in [5, 5.41) is 0. The van der Waals surface area contributed by atoms with Crippen LogP contribution in [-0.4, -0.2) is 0 Å². The molecule has 0 spiro atoms. The van der Waals surface area contributed by atoms with Crippen LogP contribution in [0, 0.1) is 11.8 Å². The van der Waals surface area contributed by atoms with E-state index < -0.39 is 0 Å². The molecule has 0 radical (unpaired) electrons. The minimum Gasteiger partial charge on any atom is -0.0654 e. The first kappa shape index (κ1) is 17.3. The van der Waals surface area contributed by atoms with Crippen molar-refractivity contribution in [3.8, 4) is 0 Å². The SMILES string of the molecule is CCCCC(CCC(CCC)C(C)C)c1ccccc1. The Morgan fingerprint density at radius 3 is 2.05 bits per heavy atom. The van der Waals surface area contributed by atoms with Crippen molar-refractivity contribution in [1.29, 1.82) is 0 Å². The van der Waals surface area contributed by atoms with Crippen LogP contribution in [0.25, 0.3) is 0 Å². The van der Waals surface area contributed by atoms with Gasteiger partial charge in [0, 0.05) is 0 Å². The molecule has 0 bridgehead atoms. The lowest BCUT2D eigenvalue weighted by Crippen LogP contribution is -2.11. The standard InChI is InChI=1S/C20H34/c1-5-7-12-20(19-13-9-8-10-14-19)16-15-18(11-6-2)17(3)4/h8-10,13-14,17-18,20H,5-7,11-12,15-16H2,1-4H3. The summed E-state index contributed by atoms with van der Waals surface area (Å²) in [4.78, 5) is 0. The monoisotopic (exact) mass is 274 g/mol. The van der Waals surface area contributed by atoms with Gasteiger partial charge in [-0.2, -0.15) is 0 Å². The minimum absolute atomic E-state index is 0.772. The molecule has 0 N–H and O–H groups in total. The van der Waals surface area contributed by atoms with Crippen molar-refractivity contribution in [1.82, 2.24) is 0 Å². The fourth-order valence-electron chi connectivity index (χ4n) is 3.25. The van der Waals surface area contributed by atoms with Crippen molar-refractivity contribution < 1.29 is 0 Å². The van der Waals surface area contributed by atoms with Gasteiger partial charge in [-0.15, -0.1) is 0 Å². The smallest absolute Gasteiger partial charge is 0.0162 e. The Balaban J connectivity index is 2.60. The van der Waals surface area contributed by atoms with Crippen LogP contribution in [0.1, 0.15) is 84.1 Å². The summed E-state index contributed by atoms with van der Waals surface area (Å²) in [6.07, 6.45) is 9.52. The number of hydrogen-bond donors (Lipinski definition) is 0. The van der Waals surface area contributed by atoms with Gasteiger partial charge in [-0.3, -0.25) is 0 Å². The molecular formula is C20H34. The molecule has 2 unspecified atom stereocenters. The van der Waals surface area contributed by atoms with E-state index >= 15 is 0 Å². The fraction of sp³-hybridized carbons (Fsp3) is 0.700. The van der Waals surface area contributed by atoms with Crippen LogP contribution in [0.3, 0.4) is 0 Å². The zero-order chi connectivity index (χ0) is 14.8. The molecule has 0 aliphatic rings. The van der Waals surface area contributed by atoms with Crippen molar-refractivity contribution in [2.24, 2.45) is 11.8 Å². The van der Waals surface area contributed by atoms with Crippen LogP contribution in [-0.2, 0) is 0 Å². The highest BCUT2D eigenvalue weighted by Crippen LogP contribution is 2.31. The molecule has 0 saturated carbocycles. The maximum absolute atomic E-state index is 2.39. The van der Waals surface area contributed by atoms with Crippen LogP contribution in [0.4, 0.5) is 0 Å². The maximum Gasteiger partial charge on any atom is -0.0162 e. The quantitative estimate of drug-likeness (QED) is 0.439. The summed E-state index contributed by atoms with van der Waals surface area (Å²) < 4.78 is 0. The number of unbranched alkanes of at least 4 members (excludes halogenated alkanes) is 1. The van der Waals surface area contributed by atoms with Gasteiger partial charge in [0.1, 0.15) is 0 Å². The highest BCUT2D eigenvalue weighted by molar-refractivity contribution is 5.19. The Morgan fingerprint density at radius 2 is 1.50 bits per heavy atom. The van der Waals surface area contributed by atoms with Crippen LogP contribution >= 0.6 is 0 Å². The Labute approximate surface area is 127 Å². The number of rotatable bonds is 10. The normalized spacial score (nSPS) is 14.4. The molecule has 1 aromatic rings. The second kappa shape index (κ2) is 10.0. The highest BCUT2D eigenvalue weighted by atomic mass is 14.2. The third-order valence-electron chi connectivity index (χ3n) is 4.67. The van der Waals surface area contributed by atoms with E-state index in [4.69, 9.17) is 0 Å². The summed E-state index contributed by atoms with van der Waals surface area (Å²) in [6.45, 7) is 9.41. The highest BCUT2D eigenvalue weighted by Gasteiger charge is 2.17. The zero-order valence-electron chi connectivity index (χ0n) is 14.1. The molecule has 2 atom stereocenters. The second-order valence-electron chi connectivity index (χ2n) is 6.62. The van der Waals surface area contributed by atoms with Gasteiger partial charge in [0.2, 0.25) is 0 Å². The van der Waals surface area contributed by atoms with Gasteiger partial charge in [0.15, 0.2) is 0 Å². The molecule has 0 nitrogen and oxygen atoms in total. The number of hydrogen-bond acceptors (Lipinski definition) is 0. The Bertz CT molecular complexity index is 325. The average Bonchev–Trinajstić information content (AvgIpc) is 2.46. The molecule has 0 saturated heterocycles. The Kier molecular flexibility index (Phi) is 8.65. The van der Waals surface area contributed by atoms with E-state index in [0.717, 1.165) is 17.8 Å². The second-order valence-corrected chi connectivity index (χ2v) is 6.62. The molecule has 1 aromatic carbocycles. The zero-order valence-corrected chi connectivity index (χ0v) is 14.1. The van der Waals surface area contributed by atoms with Gasteiger partial charge in [-0.05, 0) is 42.6 Å². The Morgan fingerprint density at radius 1 is 0.800 bits per heavy atom. The van der Waals surface area contributed by atoms with Crippen LogP contribution < -0.4 is 0 Å². The topological polar surface area (TPSA) is 0 Å². The molecule has 0 aromatic heterocycles. The summed E-state index contributed by atoms with van der Waals surface area (Å²) in [5.74, 6) is 2.51. The summed E-state index contributed by atoms with van der Waals surface area (Å²) in [7, 11) is 0. The van der Waals surface area contributed by atoms with Crippen LogP contribution in [0.15, 0.2) is 30.3 Å². The van der Waals surface area contributed by atoms with Gasteiger partial charge < -0.3 is 0 Å². The number of benzene rings is 1. The van der Waals surface area contributed by atoms with E-state index in [-0.39, 0.29) is 0 Å². The molecule has 0 heterocycles. The fourth-order valence-corrected chi connectivity index (χ4v) is 3.25. The third-order valence-corrected chi connectivity index (χ3v) is 4.67. The van der Waals surface area contributed by atoms with Gasteiger partial charge >= 0.3 is 0 Å². The van der Waals surface area contributed by atoms with E-state index in [1.54, 1.807) is 5.56 Å². The molecule has 0 heteroatoms. The van der Waals surface area contributed by atoms with E-state index in [1.807, 2.05) is 0 Å². The molecule has 114 valence electrons. The first-order valence-corrected chi connectivity index (χ1v) is 8.73. The lowest BCUT2D eigenvalue weighted by molar-refractivity contribution is 0.312. The van der Waals surface area contributed by atoms with E-state index in [9.17, 15) is 0 Å². The predicted molar refractivity (Wildman–Crippen MR) is 91.2 cm³/mol. The summed E-state index contributed by atoms with van der Waals surface area (Å²) >= 11 is 0. The third kappa shape index (κ3) is 6.11. The van der Waals surface area contributed by atoms with Crippen molar-refractivity contribution in [2.45, 2.75) is 78.6 Å². The van der Waals surface area contributed by atoms with E-state index in [0.29, 0.717) is 0 Å². The molecule has 0 amide bonds. The largest absolute Gasteiger partial charge is 0.0654 e. The van der Waals surface area contributed by atoms with Crippen LogP contribution in [0.2, 0.25) is 0 Å². The van der Waals surface area contributed by atoms with Crippen molar-refractivity contribution in [3.05, 3.63) is 35.9 Å².